The van der Waals surface area contributed by atoms with Crippen molar-refractivity contribution in [1.29, 1.82) is 0 Å². The van der Waals surface area contributed by atoms with Crippen LogP contribution in [0.2, 0.25) is 0 Å². The van der Waals surface area contributed by atoms with Crippen molar-refractivity contribution in [1.82, 2.24) is 10.2 Å². The molecule has 2 fully saturated rings. The van der Waals surface area contributed by atoms with Crippen LogP contribution in [0.4, 0.5) is 0 Å². The third kappa shape index (κ3) is 2.85. The molecular weight excluding hydrogens is 208 g/mol. The quantitative estimate of drug-likeness (QED) is 0.810. The Labute approximate surface area is 107 Å². The van der Waals surface area contributed by atoms with Gasteiger partial charge in [-0.15, -0.1) is 0 Å². The molecule has 2 heteroatoms. The van der Waals surface area contributed by atoms with Gasteiger partial charge in [0.1, 0.15) is 0 Å². The summed E-state index contributed by atoms with van der Waals surface area (Å²) in [6.45, 7) is 9.63. The third-order valence-corrected chi connectivity index (χ3v) is 5.51. The number of piperidine rings is 1. The van der Waals surface area contributed by atoms with E-state index in [4.69, 9.17) is 0 Å². The van der Waals surface area contributed by atoms with Crippen molar-refractivity contribution in [3.05, 3.63) is 0 Å². The molecule has 1 aliphatic carbocycles. The largest absolute Gasteiger partial charge is 0.313 e. The fourth-order valence-electron chi connectivity index (χ4n) is 3.51. The number of likely N-dealkylation sites (tertiary alicyclic amines) is 1. The number of nitrogens with zero attached hydrogens (tertiary/aromatic N) is 1. The van der Waals surface area contributed by atoms with Crippen LogP contribution in [0.15, 0.2) is 0 Å². The Morgan fingerprint density at radius 2 is 2.00 bits per heavy atom. The summed E-state index contributed by atoms with van der Waals surface area (Å²) in [5.41, 5.74) is 0.659. The maximum atomic E-state index is 3.89. The Morgan fingerprint density at radius 3 is 2.53 bits per heavy atom. The zero-order valence-corrected chi connectivity index (χ0v) is 12.1. The van der Waals surface area contributed by atoms with Gasteiger partial charge in [0, 0.05) is 25.2 Å². The van der Waals surface area contributed by atoms with E-state index in [9.17, 15) is 0 Å². The van der Waals surface area contributed by atoms with Crippen LogP contribution < -0.4 is 5.32 Å². The van der Waals surface area contributed by atoms with E-state index >= 15 is 0 Å². The van der Waals surface area contributed by atoms with Crippen molar-refractivity contribution >= 4 is 0 Å². The number of hydrogen-bond donors (Lipinski definition) is 1. The Bertz CT molecular complexity index is 242. The molecular formula is C15H30N2. The Morgan fingerprint density at radius 1 is 1.29 bits per heavy atom. The first-order valence-electron chi connectivity index (χ1n) is 7.50. The maximum Gasteiger partial charge on any atom is 0.0120 e. The molecule has 0 amide bonds. The first kappa shape index (κ1) is 13.4. The molecule has 2 nitrogen and oxygen atoms in total. The molecule has 3 atom stereocenters. The zero-order valence-electron chi connectivity index (χ0n) is 12.1. The van der Waals surface area contributed by atoms with Crippen LogP contribution in [0.5, 0.6) is 0 Å². The lowest BCUT2D eigenvalue weighted by atomic mass is 9.67. The molecule has 0 aromatic carbocycles. The molecule has 2 rings (SSSR count). The van der Waals surface area contributed by atoms with Crippen molar-refractivity contribution in [3.8, 4) is 0 Å². The Balaban J connectivity index is 1.82. The van der Waals surface area contributed by atoms with Crippen LogP contribution in [0, 0.1) is 11.3 Å². The normalized spacial score (nSPS) is 37.8. The monoisotopic (exact) mass is 238 g/mol. The minimum Gasteiger partial charge on any atom is -0.313 e. The minimum atomic E-state index is 0.659. The highest BCUT2D eigenvalue weighted by Gasteiger charge is 2.36. The van der Waals surface area contributed by atoms with E-state index in [-0.39, 0.29) is 0 Å². The lowest BCUT2D eigenvalue weighted by Gasteiger charge is -2.45. The molecule has 1 saturated heterocycles. The van der Waals surface area contributed by atoms with E-state index in [0.717, 1.165) is 18.0 Å². The van der Waals surface area contributed by atoms with Gasteiger partial charge in [0.15, 0.2) is 0 Å². The van der Waals surface area contributed by atoms with Gasteiger partial charge in [0.05, 0.1) is 0 Å². The molecule has 0 radical (unpaired) electrons. The molecule has 17 heavy (non-hydrogen) atoms. The van der Waals surface area contributed by atoms with Crippen LogP contribution in [0.25, 0.3) is 0 Å². The van der Waals surface area contributed by atoms with Crippen molar-refractivity contribution in [2.45, 2.75) is 65.0 Å². The first-order chi connectivity index (χ1) is 8.06. The maximum absolute atomic E-state index is 3.89. The Hall–Kier alpha value is -0.0800. The smallest absolute Gasteiger partial charge is 0.0120 e. The summed E-state index contributed by atoms with van der Waals surface area (Å²) in [5, 5.41) is 3.89. The van der Waals surface area contributed by atoms with Gasteiger partial charge in [-0.3, -0.25) is 0 Å². The summed E-state index contributed by atoms with van der Waals surface area (Å²) in [5.74, 6) is 0.796. The molecule has 0 spiro atoms. The minimum absolute atomic E-state index is 0.659. The summed E-state index contributed by atoms with van der Waals surface area (Å²) < 4.78 is 0. The predicted octanol–water partition coefficient (Wildman–Crippen LogP) is 2.89. The second kappa shape index (κ2) is 5.27. The SMILES string of the molecule is CCC1(CNC2CC(C)N(C)CC2C)CCC1. The molecule has 0 bridgehead atoms. The van der Waals surface area contributed by atoms with Gasteiger partial charge in [0.2, 0.25) is 0 Å². The van der Waals surface area contributed by atoms with Crippen molar-refractivity contribution in [2.24, 2.45) is 11.3 Å². The van der Waals surface area contributed by atoms with Crippen LogP contribution >= 0.6 is 0 Å². The molecule has 1 saturated carbocycles. The molecule has 1 heterocycles. The summed E-state index contributed by atoms with van der Waals surface area (Å²) in [7, 11) is 2.26. The standard InChI is InChI=1S/C15H30N2/c1-5-15(7-6-8-15)11-16-14-9-13(3)17(4)10-12(14)2/h12-14,16H,5-11H2,1-4H3. The van der Waals surface area contributed by atoms with Gasteiger partial charge in [-0.2, -0.15) is 0 Å². The van der Waals surface area contributed by atoms with E-state index in [2.05, 4.69) is 38.0 Å². The molecule has 0 aromatic rings. The molecule has 1 aliphatic heterocycles. The topological polar surface area (TPSA) is 15.3 Å². The van der Waals surface area contributed by atoms with E-state index in [1.807, 2.05) is 0 Å². The highest BCUT2D eigenvalue weighted by Crippen LogP contribution is 2.43. The fourth-order valence-corrected chi connectivity index (χ4v) is 3.51. The lowest BCUT2D eigenvalue weighted by molar-refractivity contribution is 0.0834. The fraction of sp³-hybridized carbons (Fsp3) is 1.00. The van der Waals surface area contributed by atoms with Crippen molar-refractivity contribution in [2.75, 3.05) is 20.1 Å². The molecule has 2 aliphatic rings. The second-order valence-electron chi connectivity index (χ2n) is 6.70. The highest BCUT2D eigenvalue weighted by atomic mass is 15.2. The highest BCUT2D eigenvalue weighted by molar-refractivity contribution is 4.92. The van der Waals surface area contributed by atoms with Crippen LogP contribution in [0.3, 0.4) is 0 Å². The summed E-state index contributed by atoms with van der Waals surface area (Å²) in [6.07, 6.45) is 7.03. The lowest BCUT2D eigenvalue weighted by Crippen LogP contribution is -2.53. The van der Waals surface area contributed by atoms with Gasteiger partial charge in [-0.05, 0) is 51.0 Å². The molecule has 3 unspecified atom stereocenters. The zero-order chi connectivity index (χ0) is 12.5. The first-order valence-corrected chi connectivity index (χ1v) is 7.50. The average molecular weight is 238 g/mol. The van der Waals surface area contributed by atoms with E-state index in [0.29, 0.717) is 5.41 Å². The number of nitrogens with one attached hydrogen (secondary N) is 1. The molecule has 1 N–H and O–H groups in total. The van der Waals surface area contributed by atoms with E-state index in [1.54, 1.807) is 0 Å². The summed E-state index contributed by atoms with van der Waals surface area (Å²) in [6, 6.07) is 1.48. The Kier molecular flexibility index (Phi) is 4.14. The van der Waals surface area contributed by atoms with Crippen LogP contribution in [-0.2, 0) is 0 Å². The number of hydrogen-bond acceptors (Lipinski definition) is 2. The van der Waals surface area contributed by atoms with E-state index < -0.39 is 0 Å². The van der Waals surface area contributed by atoms with Gasteiger partial charge in [0.25, 0.3) is 0 Å². The molecule has 100 valence electrons. The third-order valence-electron chi connectivity index (χ3n) is 5.51. The van der Waals surface area contributed by atoms with Crippen LogP contribution in [0.1, 0.15) is 52.9 Å². The predicted molar refractivity (Wildman–Crippen MR) is 74.2 cm³/mol. The van der Waals surface area contributed by atoms with Gasteiger partial charge in [-0.1, -0.05) is 20.3 Å². The summed E-state index contributed by atoms with van der Waals surface area (Å²) >= 11 is 0. The second-order valence-corrected chi connectivity index (χ2v) is 6.70. The van der Waals surface area contributed by atoms with Crippen LogP contribution in [-0.4, -0.2) is 37.1 Å². The summed E-state index contributed by atoms with van der Waals surface area (Å²) in [4.78, 5) is 2.50. The number of rotatable bonds is 4. The van der Waals surface area contributed by atoms with Gasteiger partial charge >= 0.3 is 0 Å². The average Bonchev–Trinajstić information content (AvgIpc) is 2.24. The van der Waals surface area contributed by atoms with Crippen molar-refractivity contribution in [3.63, 3.8) is 0 Å². The van der Waals surface area contributed by atoms with Crippen molar-refractivity contribution < 1.29 is 0 Å². The molecule has 0 aromatic heterocycles. The van der Waals surface area contributed by atoms with Gasteiger partial charge in [-0.25, -0.2) is 0 Å². The van der Waals surface area contributed by atoms with Gasteiger partial charge < -0.3 is 10.2 Å². The van der Waals surface area contributed by atoms with E-state index in [1.165, 1.54) is 45.2 Å².